The number of nitrogens with zero attached hydrogens (tertiary/aromatic N) is 2. The van der Waals surface area contributed by atoms with Gasteiger partial charge in [-0.25, -0.2) is 5.10 Å². The van der Waals surface area contributed by atoms with E-state index in [-0.39, 0.29) is 0 Å². The summed E-state index contributed by atoms with van der Waals surface area (Å²) in [6.45, 7) is 4.23. The molecule has 3 N–H and O–H groups in total. The molecule has 0 unspecified atom stereocenters. The molecule has 0 atom stereocenters. The number of nitrogens with two attached hydrogens (primary N) is 1. The highest BCUT2D eigenvalue weighted by Crippen LogP contribution is 2.18. The lowest BCUT2D eigenvalue weighted by Crippen LogP contribution is -2.10. The first-order chi connectivity index (χ1) is 5.70. The summed E-state index contributed by atoms with van der Waals surface area (Å²) in [6, 6.07) is 0.372. The minimum Gasteiger partial charge on any atom is -0.368 e. The van der Waals surface area contributed by atoms with Crippen molar-refractivity contribution in [2.75, 3.05) is 5.73 Å². The van der Waals surface area contributed by atoms with Crippen LogP contribution in [0.1, 0.15) is 32.7 Å². The number of hydrogen-bond acceptors (Lipinski definition) is 3. The largest absolute Gasteiger partial charge is 0.368 e. The molecule has 1 aromatic heterocycles. The molecule has 0 radical (unpaired) electrons. The third-order valence-electron chi connectivity index (χ3n) is 2.04. The SMILES string of the molecule is CCC(CC)n1c(N)n[nH]c1=S. The summed E-state index contributed by atoms with van der Waals surface area (Å²) in [5.74, 6) is 0.480. The van der Waals surface area contributed by atoms with Crippen molar-refractivity contribution in [3.8, 4) is 0 Å². The second-order valence-electron chi connectivity index (χ2n) is 2.73. The van der Waals surface area contributed by atoms with E-state index in [0.29, 0.717) is 16.8 Å². The van der Waals surface area contributed by atoms with Crippen LogP contribution in [0.5, 0.6) is 0 Å². The van der Waals surface area contributed by atoms with Gasteiger partial charge in [0.2, 0.25) is 5.95 Å². The number of anilines is 1. The van der Waals surface area contributed by atoms with Crippen LogP contribution >= 0.6 is 12.2 Å². The number of nitrogens with one attached hydrogen (secondary N) is 1. The molecule has 0 fully saturated rings. The fourth-order valence-electron chi connectivity index (χ4n) is 1.32. The summed E-state index contributed by atoms with van der Waals surface area (Å²) in [6.07, 6.45) is 2.04. The zero-order chi connectivity index (χ0) is 9.14. The van der Waals surface area contributed by atoms with Crippen molar-refractivity contribution in [2.24, 2.45) is 0 Å². The van der Waals surface area contributed by atoms with Gasteiger partial charge < -0.3 is 5.73 Å². The Bertz CT molecular complexity index is 297. The molecule has 0 aliphatic rings. The van der Waals surface area contributed by atoms with E-state index >= 15 is 0 Å². The number of aromatic nitrogens is 3. The molecule has 0 saturated heterocycles. The van der Waals surface area contributed by atoms with Crippen LogP contribution in [0, 0.1) is 4.77 Å². The van der Waals surface area contributed by atoms with Gasteiger partial charge in [-0.1, -0.05) is 13.8 Å². The van der Waals surface area contributed by atoms with Gasteiger partial charge in [-0.2, -0.15) is 0 Å². The number of rotatable bonds is 3. The van der Waals surface area contributed by atoms with E-state index in [4.69, 9.17) is 18.0 Å². The van der Waals surface area contributed by atoms with E-state index < -0.39 is 0 Å². The second-order valence-corrected chi connectivity index (χ2v) is 3.11. The average molecular weight is 186 g/mol. The topological polar surface area (TPSA) is 59.6 Å². The summed E-state index contributed by atoms with van der Waals surface area (Å²) in [4.78, 5) is 0. The molecule has 0 aromatic carbocycles. The van der Waals surface area contributed by atoms with Gasteiger partial charge in [-0.3, -0.25) is 4.57 Å². The van der Waals surface area contributed by atoms with Crippen molar-refractivity contribution >= 4 is 18.2 Å². The van der Waals surface area contributed by atoms with Crippen LogP contribution in [-0.2, 0) is 0 Å². The zero-order valence-electron chi connectivity index (χ0n) is 7.37. The Balaban J connectivity index is 3.06. The van der Waals surface area contributed by atoms with E-state index in [1.807, 2.05) is 4.57 Å². The third kappa shape index (κ3) is 1.50. The Kier molecular flexibility index (Phi) is 2.86. The Morgan fingerprint density at radius 1 is 1.58 bits per heavy atom. The normalized spacial score (nSPS) is 10.9. The van der Waals surface area contributed by atoms with Gasteiger partial charge >= 0.3 is 0 Å². The number of hydrogen-bond donors (Lipinski definition) is 2. The standard InChI is InChI=1S/C7H14N4S/c1-3-5(4-2)11-6(8)9-10-7(11)12/h5H,3-4H2,1-2H3,(H2,8,9)(H,10,12). The molecule has 1 rings (SSSR count). The van der Waals surface area contributed by atoms with Crippen LogP contribution in [0.3, 0.4) is 0 Å². The molecule has 0 saturated carbocycles. The Labute approximate surface area is 76.8 Å². The van der Waals surface area contributed by atoms with E-state index in [2.05, 4.69) is 24.0 Å². The summed E-state index contributed by atoms with van der Waals surface area (Å²) in [5.41, 5.74) is 5.65. The van der Waals surface area contributed by atoms with Crippen molar-refractivity contribution in [1.82, 2.24) is 14.8 Å². The van der Waals surface area contributed by atoms with Gasteiger partial charge in [0.1, 0.15) is 0 Å². The average Bonchev–Trinajstić information content (AvgIpc) is 2.38. The quantitative estimate of drug-likeness (QED) is 0.709. The molecular weight excluding hydrogens is 172 g/mol. The molecule has 1 aromatic rings. The maximum Gasteiger partial charge on any atom is 0.220 e. The molecule has 12 heavy (non-hydrogen) atoms. The molecule has 0 aliphatic heterocycles. The van der Waals surface area contributed by atoms with E-state index in [1.54, 1.807) is 0 Å². The highest BCUT2D eigenvalue weighted by Gasteiger charge is 2.10. The molecule has 0 aliphatic carbocycles. The Morgan fingerprint density at radius 2 is 2.17 bits per heavy atom. The molecule has 4 nitrogen and oxygen atoms in total. The maximum absolute atomic E-state index is 5.65. The zero-order valence-corrected chi connectivity index (χ0v) is 8.19. The minimum absolute atomic E-state index is 0.372. The minimum atomic E-state index is 0.372. The first-order valence-electron chi connectivity index (χ1n) is 4.13. The van der Waals surface area contributed by atoms with Gasteiger partial charge in [-0.15, -0.1) is 5.10 Å². The van der Waals surface area contributed by atoms with Crippen LogP contribution in [0.4, 0.5) is 5.95 Å². The van der Waals surface area contributed by atoms with Crippen LogP contribution in [0.15, 0.2) is 0 Å². The lowest BCUT2D eigenvalue weighted by molar-refractivity contribution is 0.471. The molecule has 68 valence electrons. The molecular formula is C7H14N4S. The monoisotopic (exact) mass is 186 g/mol. The summed E-state index contributed by atoms with van der Waals surface area (Å²) >= 11 is 5.05. The predicted octanol–water partition coefficient (Wildman–Crippen LogP) is 1.88. The Hall–Kier alpha value is -0.840. The molecule has 5 heteroatoms. The fraction of sp³-hybridized carbons (Fsp3) is 0.714. The van der Waals surface area contributed by atoms with Gasteiger partial charge in [0.05, 0.1) is 0 Å². The summed E-state index contributed by atoms with van der Waals surface area (Å²) < 4.78 is 2.48. The second kappa shape index (κ2) is 3.71. The highest BCUT2D eigenvalue weighted by molar-refractivity contribution is 7.71. The molecule has 1 heterocycles. The number of aromatic amines is 1. The van der Waals surface area contributed by atoms with Crippen molar-refractivity contribution in [3.05, 3.63) is 4.77 Å². The summed E-state index contributed by atoms with van der Waals surface area (Å²) in [7, 11) is 0. The smallest absolute Gasteiger partial charge is 0.220 e. The van der Waals surface area contributed by atoms with E-state index in [9.17, 15) is 0 Å². The fourth-order valence-corrected chi connectivity index (χ4v) is 1.61. The van der Waals surface area contributed by atoms with E-state index in [1.165, 1.54) is 0 Å². The number of H-pyrrole nitrogens is 1. The van der Waals surface area contributed by atoms with Crippen LogP contribution in [0.2, 0.25) is 0 Å². The van der Waals surface area contributed by atoms with Crippen LogP contribution in [-0.4, -0.2) is 14.8 Å². The predicted molar refractivity (Wildman–Crippen MR) is 51.4 cm³/mol. The lowest BCUT2D eigenvalue weighted by Gasteiger charge is -2.14. The molecule has 0 amide bonds. The lowest BCUT2D eigenvalue weighted by atomic mass is 10.2. The van der Waals surface area contributed by atoms with Crippen molar-refractivity contribution in [1.29, 1.82) is 0 Å². The maximum atomic E-state index is 5.65. The molecule has 0 bridgehead atoms. The summed E-state index contributed by atoms with van der Waals surface area (Å²) in [5, 5.41) is 6.53. The molecule has 0 spiro atoms. The van der Waals surface area contributed by atoms with E-state index in [0.717, 1.165) is 12.8 Å². The van der Waals surface area contributed by atoms with Crippen molar-refractivity contribution in [2.45, 2.75) is 32.7 Å². The van der Waals surface area contributed by atoms with Crippen LogP contribution < -0.4 is 5.73 Å². The van der Waals surface area contributed by atoms with Crippen molar-refractivity contribution in [3.63, 3.8) is 0 Å². The Morgan fingerprint density at radius 3 is 2.50 bits per heavy atom. The first kappa shape index (κ1) is 9.25. The van der Waals surface area contributed by atoms with Gasteiger partial charge in [0, 0.05) is 6.04 Å². The van der Waals surface area contributed by atoms with Gasteiger partial charge in [-0.05, 0) is 25.1 Å². The van der Waals surface area contributed by atoms with Crippen LogP contribution in [0.25, 0.3) is 0 Å². The number of nitrogen functional groups attached to an aromatic ring is 1. The van der Waals surface area contributed by atoms with Gasteiger partial charge in [0.15, 0.2) is 4.77 Å². The highest BCUT2D eigenvalue weighted by atomic mass is 32.1. The third-order valence-corrected chi connectivity index (χ3v) is 2.33. The van der Waals surface area contributed by atoms with Crippen molar-refractivity contribution < 1.29 is 0 Å². The first-order valence-corrected chi connectivity index (χ1v) is 4.53. The van der Waals surface area contributed by atoms with Gasteiger partial charge in [0.25, 0.3) is 0 Å².